The molecule has 0 radical (unpaired) electrons. The van der Waals surface area contributed by atoms with Crippen molar-refractivity contribution in [3.63, 3.8) is 0 Å². The maximum Gasteiger partial charge on any atom is 0.321 e. The number of ether oxygens (including phenoxy) is 2. The van der Waals surface area contributed by atoms with E-state index in [0.29, 0.717) is 23.8 Å². The van der Waals surface area contributed by atoms with Gasteiger partial charge in [0.15, 0.2) is 23.1 Å². The lowest BCUT2D eigenvalue weighted by Crippen LogP contribution is -2.70. The smallest absolute Gasteiger partial charge is 0.321 e. The minimum Gasteiger partial charge on any atom is -0.484 e. The van der Waals surface area contributed by atoms with E-state index in [4.69, 9.17) is 14.5 Å². The van der Waals surface area contributed by atoms with E-state index in [2.05, 4.69) is 10.3 Å². The summed E-state index contributed by atoms with van der Waals surface area (Å²) < 4.78 is 39.6. The number of fused-ring (bicyclic) bond motifs is 3. The number of amides is 1. The van der Waals surface area contributed by atoms with Crippen LogP contribution in [0.5, 0.6) is 5.75 Å². The van der Waals surface area contributed by atoms with Gasteiger partial charge in [-0.05, 0) is 25.3 Å². The number of aliphatic imine (C=N–C) groups is 1. The number of hydrogen-bond acceptors (Lipinski definition) is 6. The van der Waals surface area contributed by atoms with Gasteiger partial charge in [0.1, 0.15) is 22.9 Å². The Morgan fingerprint density at radius 2 is 2.12 bits per heavy atom. The fraction of sp³-hybridized carbons (Fsp3) is 0.391. The molecule has 7 nitrogen and oxygen atoms in total. The van der Waals surface area contributed by atoms with Crippen LogP contribution in [-0.4, -0.2) is 35.4 Å². The zero-order valence-corrected chi connectivity index (χ0v) is 17.5. The number of esters is 1. The molecule has 166 valence electrons. The van der Waals surface area contributed by atoms with Crippen LogP contribution < -0.4 is 10.1 Å². The molecule has 1 amide bonds. The van der Waals surface area contributed by atoms with Gasteiger partial charge in [-0.3, -0.25) is 9.59 Å². The van der Waals surface area contributed by atoms with Crippen molar-refractivity contribution < 1.29 is 27.8 Å². The number of methoxy groups -OCH3 is 1. The maximum absolute atomic E-state index is 14.6. The van der Waals surface area contributed by atoms with Gasteiger partial charge in [-0.2, -0.15) is 0 Å². The van der Waals surface area contributed by atoms with Gasteiger partial charge in [0.05, 0.1) is 13.3 Å². The summed E-state index contributed by atoms with van der Waals surface area (Å²) in [6.07, 6.45) is 2.96. The molecule has 2 spiro atoms. The highest BCUT2D eigenvalue weighted by molar-refractivity contribution is 6.15. The molecular formula is C23H21F2N3O4. The van der Waals surface area contributed by atoms with Crippen LogP contribution in [0.15, 0.2) is 41.5 Å². The number of para-hydroxylation sites is 1. The van der Waals surface area contributed by atoms with Crippen molar-refractivity contribution in [2.75, 3.05) is 7.11 Å². The molecule has 4 unspecified atom stereocenters. The molecule has 1 saturated carbocycles. The lowest BCUT2D eigenvalue weighted by atomic mass is 9.53. The molecule has 1 fully saturated rings. The standard InChI is InChI=1S/C23H21F2N3O4/c1-3-12-8-9-22(12)23(14-6-4-5-7-16(14)32-22)17(21(30)31-2)20(29)27-19(28-23)18-15(25)10-13(24)11-26-18/h4-7,10-12,17H,3,8-9H2,1-2H3,(H,27,28,29). The van der Waals surface area contributed by atoms with Crippen molar-refractivity contribution in [2.24, 2.45) is 16.8 Å². The van der Waals surface area contributed by atoms with Gasteiger partial charge in [-0.15, -0.1) is 0 Å². The molecule has 4 atom stereocenters. The summed E-state index contributed by atoms with van der Waals surface area (Å²) in [5.74, 6) is -4.29. The highest BCUT2D eigenvalue weighted by Gasteiger charge is 2.74. The first-order valence-electron chi connectivity index (χ1n) is 10.5. The molecule has 1 N–H and O–H groups in total. The summed E-state index contributed by atoms with van der Waals surface area (Å²) in [6, 6.07) is 7.77. The van der Waals surface area contributed by atoms with Crippen molar-refractivity contribution in [3.05, 3.63) is 59.4 Å². The number of amidine groups is 1. The lowest BCUT2D eigenvalue weighted by molar-refractivity contribution is -0.170. The van der Waals surface area contributed by atoms with Crippen LogP contribution in [0.4, 0.5) is 8.78 Å². The van der Waals surface area contributed by atoms with E-state index in [-0.39, 0.29) is 17.4 Å². The van der Waals surface area contributed by atoms with Gasteiger partial charge < -0.3 is 14.8 Å². The minimum atomic E-state index is -1.48. The van der Waals surface area contributed by atoms with Gasteiger partial charge in [0.25, 0.3) is 0 Å². The second-order valence-electron chi connectivity index (χ2n) is 8.29. The Bertz CT molecular complexity index is 1170. The molecular weight excluding hydrogens is 420 g/mol. The van der Waals surface area contributed by atoms with E-state index in [1.165, 1.54) is 7.11 Å². The largest absolute Gasteiger partial charge is 0.484 e. The molecule has 2 aliphatic heterocycles. The van der Waals surface area contributed by atoms with Crippen molar-refractivity contribution in [2.45, 2.75) is 37.3 Å². The Morgan fingerprint density at radius 3 is 2.78 bits per heavy atom. The number of aromatic nitrogens is 1. The van der Waals surface area contributed by atoms with Gasteiger partial charge in [0.2, 0.25) is 5.91 Å². The van der Waals surface area contributed by atoms with E-state index in [1.807, 2.05) is 6.92 Å². The SMILES string of the molecule is CCC1CCC12Oc1ccccc1C21N=C(c2ncc(F)cc2F)NC(=O)C1C(=O)OC. The van der Waals surface area contributed by atoms with E-state index in [9.17, 15) is 18.4 Å². The van der Waals surface area contributed by atoms with Gasteiger partial charge in [-0.1, -0.05) is 25.1 Å². The number of carbonyl (C=O) groups excluding carboxylic acids is 2. The molecule has 0 saturated heterocycles. The third-order valence-electron chi connectivity index (χ3n) is 6.93. The Kier molecular flexibility index (Phi) is 4.54. The van der Waals surface area contributed by atoms with Crippen LogP contribution in [0.1, 0.15) is 37.4 Å². The molecule has 32 heavy (non-hydrogen) atoms. The molecule has 3 aliphatic rings. The van der Waals surface area contributed by atoms with Crippen molar-refractivity contribution >= 4 is 17.7 Å². The number of rotatable bonds is 3. The molecule has 0 bridgehead atoms. The Morgan fingerprint density at radius 1 is 1.34 bits per heavy atom. The second kappa shape index (κ2) is 7.08. The molecule has 1 aliphatic carbocycles. The minimum absolute atomic E-state index is 0.00369. The number of benzene rings is 1. The zero-order valence-electron chi connectivity index (χ0n) is 17.5. The first-order valence-corrected chi connectivity index (χ1v) is 10.5. The number of nitrogens with zero attached hydrogens (tertiary/aromatic N) is 2. The van der Waals surface area contributed by atoms with Crippen molar-refractivity contribution in [1.82, 2.24) is 10.3 Å². The van der Waals surface area contributed by atoms with Crippen LogP contribution in [0.3, 0.4) is 0 Å². The fourth-order valence-electron chi connectivity index (χ4n) is 5.45. The second-order valence-corrected chi connectivity index (χ2v) is 8.29. The third-order valence-corrected chi connectivity index (χ3v) is 6.93. The van der Waals surface area contributed by atoms with Crippen LogP contribution >= 0.6 is 0 Å². The number of carbonyl (C=O) groups is 2. The van der Waals surface area contributed by atoms with E-state index in [0.717, 1.165) is 19.0 Å². The van der Waals surface area contributed by atoms with Gasteiger partial charge in [0, 0.05) is 17.5 Å². The summed E-state index contributed by atoms with van der Waals surface area (Å²) in [7, 11) is 1.20. The van der Waals surface area contributed by atoms with Crippen molar-refractivity contribution in [1.29, 1.82) is 0 Å². The van der Waals surface area contributed by atoms with Gasteiger partial charge >= 0.3 is 5.97 Å². The molecule has 1 aromatic carbocycles. The summed E-state index contributed by atoms with van der Waals surface area (Å²) in [6.45, 7) is 2.01. The molecule has 9 heteroatoms. The van der Waals surface area contributed by atoms with Crippen LogP contribution in [0, 0.1) is 23.5 Å². The summed E-state index contributed by atoms with van der Waals surface area (Å²) in [5, 5.41) is 2.49. The first-order chi connectivity index (χ1) is 15.4. The summed E-state index contributed by atoms with van der Waals surface area (Å²) >= 11 is 0. The fourth-order valence-corrected chi connectivity index (χ4v) is 5.45. The highest BCUT2D eigenvalue weighted by atomic mass is 19.1. The number of pyridine rings is 1. The number of nitrogens with one attached hydrogen (secondary N) is 1. The zero-order chi connectivity index (χ0) is 22.7. The predicted octanol–water partition coefficient (Wildman–Crippen LogP) is 2.87. The van der Waals surface area contributed by atoms with Crippen LogP contribution in [0.25, 0.3) is 0 Å². The number of halogens is 2. The number of hydrogen-bond donors (Lipinski definition) is 1. The highest BCUT2D eigenvalue weighted by Crippen LogP contribution is 2.65. The summed E-state index contributed by atoms with van der Waals surface area (Å²) in [5.41, 5.74) is -2.21. The Labute approximate surface area is 182 Å². The quantitative estimate of drug-likeness (QED) is 0.585. The molecule has 1 aromatic heterocycles. The van der Waals surface area contributed by atoms with Gasteiger partial charge in [-0.25, -0.2) is 18.8 Å². The lowest BCUT2D eigenvalue weighted by Gasteiger charge is -2.56. The van der Waals surface area contributed by atoms with E-state index >= 15 is 0 Å². The van der Waals surface area contributed by atoms with E-state index < -0.39 is 40.6 Å². The first kappa shape index (κ1) is 20.5. The maximum atomic E-state index is 14.6. The van der Waals surface area contributed by atoms with Crippen LogP contribution in [0.2, 0.25) is 0 Å². The average Bonchev–Trinajstić information content (AvgIpc) is 3.05. The predicted molar refractivity (Wildman–Crippen MR) is 109 cm³/mol. The molecule has 5 rings (SSSR count). The van der Waals surface area contributed by atoms with Crippen molar-refractivity contribution in [3.8, 4) is 5.75 Å². The van der Waals surface area contributed by atoms with E-state index in [1.54, 1.807) is 24.3 Å². The topological polar surface area (TPSA) is 89.9 Å². The molecule has 3 heterocycles. The molecule has 2 aromatic rings. The Hall–Kier alpha value is -3.36. The summed E-state index contributed by atoms with van der Waals surface area (Å²) in [4.78, 5) is 35.0. The monoisotopic (exact) mass is 441 g/mol. The Balaban J connectivity index is 1.83. The third kappa shape index (κ3) is 2.50. The normalized spacial score (nSPS) is 30.2. The van der Waals surface area contributed by atoms with Crippen LogP contribution in [-0.2, 0) is 19.9 Å². The average molecular weight is 441 g/mol.